The lowest BCUT2D eigenvalue weighted by atomic mass is 10.1. The predicted molar refractivity (Wildman–Crippen MR) is 115 cm³/mol. The molecule has 2 heterocycles. The van der Waals surface area contributed by atoms with E-state index in [1.165, 1.54) is 10.9 Å². The molecule has 30 heavy (non-hydrogen) atoms. The maximum absolute atomic E-state index is 11.2. The number of primary amides is 1. The van der Waals surface area contributed by atoms with Crippen molar-refractivity contribution in [2.24, 2.45) is 5.73 Å². The highest BCUT2D eigenvalue weighted by Crippen LogP contribution is 2.22. The van der Waals surface area contributed by atoms with E-state index in [2.05, 4.69) is 58.5 Å². The van der Waals surface area contributed by atoms with Crippen LogP contribution in [0.2, 0.25) is 0 Å². The second-order valence-corrected chi connectivity index (χ2v) is 7.77. The first-order valence-electron chi connectivity index (χ1n) is 9.92. The van der Waals surface area contributed by atoms with E-state index in [4.69, 9.17) is 10.3 Å². The number of carbonyl (C=O) groups excluding carboxylic acids is 1. The molecule has 0 aliphatic carbocycles. The highest BCUT2D eigenvalue weighted by atomic mass is 16.5. The van der Waals surface area contributed by atoms with Crippen LogP contribution < -0.4 is 5.73 Å². The third-order valence-corrected chi connectivity index (χ3v) is 5.13. The van der Waals surface area contributed by atoms with E-state index >= 15 is 0 Å². The molecule has 0 aliphatic rings. The fraction of sp³-hybridized carbons (Fsp3) is 0.261. The van der Waals surface area contributed by atoms with Gasteiger partial charge in [0.15, 0.2) is 5.82 Å². The first-order valence-corrected chi connectivity index (χ1v) is 9.92. The first-order chi connectivity index (χ1) is 14.5. The number of H-pyrrole nitrogens is 1. The van der Waals surface area contributed by atoms with Gasteiger partial charge in [-0.15, -0.1) is 0 Å². The zero-order chi connectivity index (χ0) is 21.1. The summed E-state index contributed by atoms with van der Waals surface area (Å²) in [4.78, 5) is 21.2. The van der Waals surface area contributed by atoms with Crippen molar-refractivity contribution in [3.63, 3.8) is 0 Å². The van der Waals surface area contributed by atoms with E-state index in [1.54, 1.807) is 12.1 Å². The molecule has 0 radical (unpaired) electrons. The molecule has 4 aromatic rings. The van der Waals surface area contributed by atoms with Gasteiger partial charge in [-0.1, -0.05) is 23.4 Å². The molecule has 4 rings (SSSR count). The largest absolute Gasteiger partial charge is 0.366 e. The van der Waals surface area contributed by atoms with Gasteiger partial charge in [0, 0.05) is 35.6 Å². The van der Waals surface area contributed by atoms with Crippen molar-refractivity contribution in [2.75, 3.05) is 20.6 Å². The third-order valence-electron chi connectivity index (χ3n) is 5.13. The summed E-state index contributed by atoms with van der Waals surface area (Å²) in [6.07, 6.45) is 4.21. The minimum absolute atomic E-state index is 0.437. The van der Waals surface area contributed by atoms with Gasteiger partial charge < -0.3 is 20.1 Å². The predicted octanol–water partition coefficient (Wildman–Crippen LogP) is 2.94. The van der Waals surface area contributed by atoms with Crippen molar-refractivity contribution in [2.45, 2.75) is 19.3 Å². The lowest BCUT2D eigenvalue weighted by molar-refractivity contribution is 0.100. The van der Waals surface area contributed by atoms with E-state index in [9.17, 15) is 4.79 Å². The van der Waals surface area contributed by atoms with Crippen LogP contribution in [0.3, 0.4) is 0 Å². The van der Waals surface area contributed by atoms with Crippen molar-refractivity contribution >= 4 is 16.8 Å². The minimum Gasteiger partial charge on any atom is -0.366 e. The molecule has 0 spiro atoms. The van der Waals surface area contributed by atoms with E-state index < -0.39 is 5.91 Å². The standard InChI is InChI=1S/C23H25N5O2/c1-28(2)10-9-18-14-25-20-8-5-16(11-19(18)20)13-22-26-21(27-30-22)12-15-3-6-17(7-4-15)23(24)29/h3-8,11,14,25H,9-10,12-13H2,1-2H3,(H2,24,29). The smallest absolute Gasteiger partial charge is 0.248 e. The van der Waals surface area contributed by atoms with E-state index in [-0.39, 0.29) is 0 Å². The molecular weight excluding hydrogens is 378 g/mol. The van der Waals surface area contributed by atoms with Gasteiger partial charge in [-0.3, -0.25) is 4.79 Å². The summed E-state index contributed by atoms with van der Waals surface area (Å²) in [7, 11) is 4.17. The number of likely N-dealkylation sites (N-methyl/N-ethyl adjacent to an activating group) is 1. The number of aromatic amines is 1. The van der Waals surface area contributed by atoms with Crippen LogP contribution >= 0.6 is 0 Å². The molecule has 0 unspecified atom stereocenters. The summed E-state index contributed by atoms with van der Waals surface area (Å²) in [6.45, 7) is 1.00. The number of amides is 1. The Labute approximate surface area is 174 Å². The molecule has 7 nitrogen and oxygen atoms in total. The summed E-state index contributed by atoms with van der Waals surface area (Å²) in [5, 5.41) is 5.33. The Balaban J connectivity index is 1.45. The average Bonchev–Trinajstić information content (AvgIpc) is 3.33. The molecule has 1 amide bonds. The highest BCUT2D eigenvalue weighted by Gasteiger charge is 2.11. The number of benzene rings is 2. The summed E-state index contributed by atoms with van der Waals surface area (Å²) in [6, 6.07) is 13.5. The second kappa shape index (κ2) is 8.51. The Hall–Kier alpha value is -3.45. The van der Waals surface area contributed by atoms with Crippen LogP contribution in [0.15, 0.2) is 53.2 Å². The number of nitrogens with two attached hydrogens (primary N) is 1. The van der Waals surface area contributed by atoms with Crippen LogP contribution in [0.25, 0.3) is 10.9 Å². The minimum atomic E-state index is -0.437. The topological polar surface area (TPSA) is 101 Å². The molecule has 0 atom stereocenters. The molecule has 0 aliphatic heterocycles. The number of fused-ring (bicyclic) bond motifs is 1. The van der Waals surface area contributed by atoms with Gasteiger partial charge in [0.25, 0.3) is 0 Å². The van der Waals surface area contributed by atoms with Gasteiger partial charge >= 0.3 is 0 Å². The van der Waals surface area contributed by atoms with E-state index in [1.807, 2.05) is 12.1 Å². The molecule has 0 saturated heterocycles. The highest BCUT2D eigenvalue weighted by molar-refractivity contribution is 5.92. The lowest BCUT2D eigenvalue weighted by Gasteiger charge is -2.08. The number of nitrogens with one attached hydrogen (secondary N) is 1. The zero-order valence-electron chi connectivity index (χ0n) is 17.2. The number of aromatic nitrogens is 3. The quantitative estimate of drug-likeness (QED) is 0.471. The Morgan fingerprint density at radius 2 is 1.87 bits per heavy atom. The number of hydrogen-bond acceptors (Lipinski definition) is 5. The number of rotatable bonds is 8. The fourth-order valence-electron chi connectivity index (χ4n) is 3.46. The van der Waals surface area contributed by atoms with Crippen LogP contribution in [-0.2, 0) is 19.3 Å². The van der Waals surface area contributed by atoms with Crippen molar-refractivity contribution < 1.29 is 9.32 Å². The maximum Gasteiger partial charge on any atom is 0.248 e. The number of nitrogens with zero attached hydrogens (tertiary/aromatic N) is 3. The van der Waals surface area contributed by atoms with Crippen LogP contribution in [0.4, 0.5) is 0 Å². The van der Waals surface area contributed by atoms with E-state index in [0.717, 1.165) is 29.6 Å². The van der Waals surface area contributed by atoms with Gasteiger partial charge in [0.2, 0.25) is 11.8 Å². The molecular formula is C23H25N5O2. The summed E-state index contributed by atoms with van der Waals surface area (Å²) in [5.74, 6) is 0.766. The Morgan fingerprint density at radius 3 is 2.60 bits per heavy atom. The van der Waals surface area contributed by atoms with Gasteiger partial charge in [-0.25, -0.2) is 0 Å². The summed E-state index contributed by atoms with van der Waals surface area (Å²) >= 11 is 0. The molecule has 154 valence electrons. The molecule has 7 heteroatoms. The Kier molecular flexibility index (Phi) is 5.63. The van der Waals surface area contributed by atoms with Crippen LogP contribution in [-0.4, -0.2) is 46.6 Å². The molecule has 2 aromatic carbocycles. The normalized spacial score (nSPS) is 11.4. The average molecular weight is 403 g/mol. The molecule has 0 bridgehead atoms. The third kappa shape index (κ3) is 4.58. The zero-order valence-corrected chi connectivity index (χ0v) is 17.2. The SMILES string of the molecule is CN(C)CCc1c[nH]c2ccc(Cc3nc(Cc4ccc(C(N)=O)cc4)no3)cc12. The fourth-order valence-corrected chi connectivity index (χ4v) is 3.46. The molecule has 2 aromatic heterocycles. The molecule has 0 saturated carbocycles. The number of carbonyl (C=O) groups is 1. The van der Waals surface area contributed by atoms with Crippen molar-refractivity contribution in [3.8, 4) is 0 Å². The van der Waals surface area contributed by atoms with Crippen LogP contribution in [0.1, 0.15) is 38.8 Å². The van der Waals surface area contributed by atoms with Crippen molar-refractivity contribution in [1.29, 1.82) is 0 Å². The van der Waals surface area contributed by atoms with Gasteiger partial charge in [0.1, 0.15) is 0 Å². The van der Waals surface area contributed by atoms with Crippen molar-refractivity contribution in [3.05, 3.63) is 82.6 Å². The monoisotopic (exact) mass is 403 g/mol. The van der Waals surface area contributed by atoms with Crippen molar-refractivity contribution in [1.82, 2.24) is 20.0 Å². The summed E-state index contributed by atoms with van der Waals surface area (Å²) < 4.78 is 5.46. The van der Waals surface area contributed by atoms with Gasteiger partial charge in [-0.2, -0.15) is 4.98 Å². The van der Waals surface area contributed by atoms with Crippen LogP contribution in [0, 0.1) is 0 Å². The maximum atomic E-state index is 11.2. The van der Waals surface area contributed by atoms with Crippen LogP contribution in [0.5, 0.6) is 0 Å². The van der Waals surface area contributed by atoms with Gasteiger partial charge in [-0.05, 0) is 61.5 Å². The summed E-state index contributed by atoms with van der Waals surface area (Å²) in [5.41, 5.74) is 10.3. The molecule has 3 N–H and O–H groups in total. The number of hydrogen-bond donors (Lipinski definition) is 2. The first kappa shape index (κ1) is 19.8. The van der Waals surface area contributed by atoms with Gasteiger partial charge in [0.05, 0.1) is 6.42 Å². The Bertz CT molecular complexity index is 1160. The molecule has 0 fully saturated rings. The van der Waals surface area contributed by atoms with E-state index in [0.29, 0.717) is 30.1 Å². The lowest BCUT2D eigenvalue weighted by Crippen LogP contribution is -2.14. The second-order valence-electron chi connectivity index (χ2n) is 7.77. The Morgan fingerprint density at radius 1 is 1.10 bits per heavy atom.